The standard InChI is InChI=1S/C54H97NO5/c1-4-7-10-13-16-19-21-23-25-27-29-31-34-36-39-42-45-50(48-53(58)55-51(49-56)52(57)46-43-40-37-33-18-15-12-9-6-3)60-54(59)47-44-41-38-35-32-30-28-26-24-22-20-17-14-11-8-5-2/h21,23,25-32,50-52,56-57H,4-20,22,24,33-49H2,1-3H3,(H,55,58)/b23-21+,27-25+,28-26+,31-29+,32-30+. The maximum absolute atomic E-state index is 13.2. The van der Waals surface area contributed by atoms with Gasteiger partial charge in [0.05, 0.1) is 25.2 Å². The number of nitrogens with one attached hydrogen (secondary N) is 1. The predicted molar refractivity (Wildman–Crippen MR) is 259 cm³/mol. The molecule has 0 saturated carbocycles. The zero-order valence-corrected chi connectivity index (χ0v) is 39.6. The first-order chi connectivity index (χ1) is 29.5. The molecule has 3 unspecified atom stereocenters. The lowest BCUT2D eigenvalue weighted by molar-refractivity contribution is -0.151. The molecule has 0 fully saturated rings. The Kier molecular flexibility index (Phi) is 45.7. The van der Waals surface area contributed by atoms with E-state index in [4.69, 9.17) is 4.74 Å². The van der Waals surface area contributed by atoms with E-state index in [-0.39, 0.29) is 24.9 Å². The lowest BCUT2D eigenvalue weighted by Crippen LogP contribution is -2.46. The molecule has 60 heavy (non-hydrogen) atoms. The van der Waals surface area contributed by atoms with E-state index in [0.717, 1.165) is 83.5 Å². The molecule has 3 N–H and O–H groups in total. The van der Waals surface area contributed by atoms with E-state index < -0.39 is 18.2 Å². The number of aliphatic hydroxyl groups is 2. The summed E-state index contributed by atoms with van der Waals surface area (Å²) in [5.41, 5.74) is 0. The maximum atomic E-state index is 13.2. The molecule has 3 atom stereocenters. The lowest BCUT2D eigenvalue weighted by atomic mass is 10.0. The zero-order chi connectivity index (χ0) is 43.8. The molecule has 0 rings (SSSR count). The number of hydrogen-bond donors (Lipinski definition) is 3. The van der Waals surface area contributed by atoms with Crippen LogP contribution in [0.5, 0.6) is 0 Å². The van der Waals surface area contributed by atoms with Crippen molar-refractivity contribution in [3.05, 3.63) is 60.8 Å². The molecule has 0 heterocycles. The highest BCUT2D eigenvalue weighted by atomic mass is 16.5. The highest BCUT2D eigenvalue weighted by molar-refractivity contribution is 5.77. The average Bonchev–Trinajstić information content (AvgIpc) is 3.24. The highest BCUT2D eigenvalue weighted by Crippen LogP contribution is 2.17. The van der Waals surface area contributed by atoms with Gasteiger partial charge >= 0.3 is 5.97 Å². The van der Waals surface area contributed by atoms with Gasteiger partial charge in [-0.2, -0.15) is 0 Å². The number of unbranched alkanes of at least 4 members (excludes halogenated alkanes) is 26. The number of ether oxygens (including phenoxy) is 1. The molecule has 6 nitrogen and oxygen atoms in total. The number of allylic oxidation sites excluding steroid dienone is 10. The average molecular weight is 840 g/mol. The number of amides is 1. The van der Waals surface area contributed by atoms with Gasteiger partial charge in [0.1, 0.15) is 6.10 Å². The Balaban J connectivity index is 4.71. The van der Waals surface area contributed by atoms with Crippen molar-refractivity contribution < 1.29 is 24.5 Å². The summed E-state index contributed by atoms with van der Waals surface area (Å²) in [4.78, 5) is 26.1. The van der Waals surface area contributed by atoms with Gasteiger partial charge < -0.3 is 20.3 Å². The van der Waals surface area contributed by atoms with E-state index in [1.54, 1.807) is 0 Å². The minimum atomic E-state index is -0.801. The van der Waals surface area contributed by atoms with Crippen LogP contribution in [0.2, 0.25) is 0 Å². The van der Waals surface area contributed by atoms with E-state index in [2.05, 4.69) is 86.8 Å². The summed E-state index contributed by atoms with van der Waals surface area (Å²) in [6, 6.07) is -0.718. The number of hydrogen-bond acceptors (Lipinski definition) is 5. The summed E-state index contributed by atoms with van der Waals surface area (Å²) in [6.45, 7) is 6.42. The van der Waals surface area contributed by atoms with Crippen LogP contribution in [0.15, 0.2) is 60.8 Å². The van der Waals surface area contributed by atoms with Crippen LogP contribution in [-0.4, -0.2) is 46.9 Å². The Morgan fingerprint density at radius 2 is 0.850 bits per heavy atom. The van der Waals surface area contributed by atoms with Gasteiger partial charge in [-0.1, -0.05) is 216 Å². The van der Waals surface area contributed by atoms with Crippen molar-refractivity contribution >= 4 is 11.9 Å². The van der Waals surface area contributed by atoms with Gasteiger partial charge in [0.25, 0.3) is 0 Å². The van der Waals surface area contributed by atoms with E-state index in [1.165, 1.54) is 116 Å². The van der Waals surface area contributed by atoms with E-state index in [0.29, 0.717) is 19.3 Å². The third kappa shape index (κ3) is 42.3. The fourth-order valence-corrected chi connectivity index (χ4v) is 7.48. The van der Waals surface area contributed by atoms with Gasteiger partial charge in [0.15, 0.2) is 0 Å². The molecule has 0 aromatic carbocycles. The Hall–Kier alpha value is -2.44. The first-order valence-corrected chi connectivity index (χ1v) is 25.6. The van der Waals surface area contributed by atoms with E-state index in [1.807, 2.05) is 0 Å². The smallest absolute Gasteiger partial charge is 0.306 e. The molecule has 0 aromatic heterocycles. The second-order valence-corrected chi connectivity index (χ2v) is 17.3. The highest BCUT2D eigenvalue weighted by Gasteiger charge is 2.24. The fraction of sp³-hybridized carbons (Fsp3) is 0.778. The van der Waals surface area contributed by atoms with Crippen LogP contribution < -0.4 is 5.32 Å². The van der Waals surface area contributed by atoms with Gasteiger partial charge in [-0.25, -0.2) is 0 Å². The summed E-state index contributed by atoms with van der Waals surface area (Å²) in [5.74, 6) is -0.539. The normalized spacial score (nSPS) is 13.8. The van der Waals surface area contributed by atoms with Gasteiger partial charge in [-0.15, -0.1) is 0 Å². The molecule has 0 aromatic rings. The molecule has 348 valence electrons. The minimum Gasteiger partial charge on any atom is -0.462 e. The summed E-state index contributed by atoms with van der Waals surface area (Å²) in [7, 11) is 0. The van der Waals surface area contributed by atoms with Crippen LogP contribution in [0, 0.1) is 0 Å². The lowest BCUT2D eigenvalue weighted by Gasteiger charge is -2.24. The van der Waals surface area contributed by atoms with Gasteiger partial charge in [-0.05, 0) is 77.0 Å². The van der Waals surface area contributed by atoms with E-state index in [9.17, 15) is 19.8 Å². The van der Waals surface area contributed by atoms with Crippen molar-refractivity contribution in [2.75, 3.05) is 6.61 Å². The number of esters is 1. The SMILES string of the molecule is CCCCCCC/C=C/C=C/C=C/CCCCCC(CC(=O)NC(CO)C(O)CCCCCCCCCCC)OC(=O)CCCCC/C=C/C=C/CCCCCCCCC. The van der Waals surface area contributed by atoms with Gasteiger partial charge in [0, 0.05) is 6.42 Å². The third-order valence-electron chi connectivity index (χ3n) is 11.4. The number of carbonyl (C=O) groups excluding carboxylic acids is 2. The molecule has 0 aliphatic carbocycles. The molecule has 0 radical (unpaired) electrons. The first-order valence-electron chi connectivity index (χ1n) is 25.6. The number of aliphatic hydroxyl groups excluding tert-OH is 2. The monoisotopic (exact) mass is 840 g/mol. The van der Waals surface area contributed by atoms with E-state index >= 15 is 0 Å². The van der Waals surface area contributed by atoms with Crippen molar-refractivity contribution in [1.82, 2.24) is 5.32 Å². The maximum Gasteiger partial charge on any atom is 0.306 e. The molecule has 0 aliphatic rings. The van der Waals surface area contributed by atoms with Gasteiger partial charge in [0.2, 0.25) is 5.91 Å². The Morgan fingerprint density at radius 3 is 1.30 bits per heavy atom. The Bertz CT molecular complexity index is 1080. The van der Waals surface area contributed by atoms with Crippen molar-refractivity contribution in [2.24, 2.45) is 0 Å². The van der Waals surface area contributed by atoms with Crippen molar-refractivity contribution in [1.29, 1.82) is 0 Å². The molecule has 6 heteroatoms. The van der Waals surface area contributed by atoms with Crippen molar-refractivity contribution in [3.63, 3.8) is 0 Å². The summed E-state index contributed by atoms with van der Waals surface area (Å²) >= 11 is 0. The van der Waals surface area contributed by atoms with Crippen LogP contribution in [-0.2, 0) is 14.3 Å². The van der Waals surface area contributed by atoms with Crippen LogP contribution >= 0.6 is 0 Å². The molecule has 0 bridgehead atoms. The third-order valence-corrected chi connectivity index (χ3v) is 11.4. The molecule has 1 amide bonds. The van der Waals surface area contributed by atoms with Crippen LogP contribution in [0.4, 0.5) is 0 Å². The minimum absolute atomic E-state index is 0.0429. The second kappa shape index (κ2) is 47.6. The molecular formula is C54H97NO5. The molecule has 0 saturated heterocycles. The largest absolute Gasteiger partial charge is 0.462 e. The van der Waals surface area contributed by atoms with Crippen molar-refractivity contribution in [2.45, 2.75) is 264 Å². The quantitative estimate of drug-likeness (QED) is 0.0322. The molecule has 0 aliphatic heterocycles. The van der Waals surface area contributed by atoms with Gasteiger partial charge in [-0.3, -0.25) is 9.59 Å². The topological polar surface area (TPSA) is 95.9 Å². The second-order valence-electron chi connectivity index (χ2n) is 17.3. The zero-order valence-electron chi connectivity index (χ0n) is 39.6. The van der Waals surface area contributed by atoms with Crippen LogP contribution in [0.25, 0.3) is 0 Å². The summed E-state index contributed by atoms with van der Waals surface area (Å²) in [6.07, 6.45) is 58.5. The molecule has 0 spiro atoms. The number of carbonyl (C=O) groups is 2. The first kappa shape index (κ1) is 57.6. The summed E-state index contributed by atoms with van der Waals surface area (Å²) < 4.78 is 5.90. The van der Waals surface area contributed by atoms with Crippen molar-refractivity contribution in [3.8, 4) is 0 Å². The Labute approximate surface area is 371 Å². The van der Waals surface area contributed by atoms with Crippen LogP contribution in [0.1, 0.15) is 245 Å². The predicted octanol–water partition coefficient (Wildman–Crippen LogP) is 15.2. The Morgan fingerprint density at radius 1 is 0.483 bits per heavy atom. The summed E-state index contributed by atoms with van der Waals surface area (Å²) in [5, 5.41) is 23.6. The molecular weight excluding hydrogens is 743 g/mol. The van der Waals surface area contributed by atoms with Crippen LogP contribution in [0.3, 0.4) is 0 Å². The number of rotatable bonds is 45. The fourth-order valence-electron chi connectivity index (χ4n) is 7.48.